The maximum Gasteiger partial charge on any atom is 0.138 e. The summed E-state index contributed by atoms with van der Waals surface area (Å²) in [4.78, 5) is 12.7. The van der Waals surface area contributed by atoms with Crippen LogP contribution in [0, 0.1) is 0 Å². The lowest BCUT2D eigenvalue weighted by molar-refractivity contribution is -0.118. The number of hydrogen-bond donors (Lipinski definition) is 0. The number of carbonyl (C=O) groups excluding carboxylic acids is 1. The highest BCUT2D eigenvalue weighted by Gasteiger charge is 2.05. The van der Waals surface area contributed by atoms with E-state index in [1.165, 1.54) is 17.7 Å². The Hall–Kier alpha value is -0.150. The predicted octanol–water partition coefficient (Wildman–Crippen LogP) is 4.20. The van der Waals surface area contributed by atoms with Crippen molar-refractivity contribution >= 4 is 33.0 Å². The van der Waals surface area contributed by atoms with Crippen LogP contribution in [0.15, 0.2) is 15.9 Å². The number of unbranched alkanes of at least 4 members (excludes halogenated alkanes) is 2. The lowest BCUT2D eigenvalue weighted by Gasteiger charge is -1.97. The molecule has 0 aliphatic rings. The van der Waals surface area contributed by atoms with Crippen molar-refractivity contribution in [2.75, 3.05) is 0 Å². The molecule has 0 fully saturated rings. The third kappa shape index (κ3) is 4.38. The van der Waals surface area contributed by atoms with Gasteiger partial charge in [0.05, 0.1) is 0 Å². The van der Waals surface area contributed by atoms with Gasteiger partial charge >= 0.3 is 0 Å². The van der Waals surface area contributed by atoms with Gasteiger partial charge in [-0.2, -0.15) is 0 Å². The quantitative estimate of drug-likeness (QED) is 0.711. The van der Waals surface area contributed by atoms with Crippen LogP contribution < -0.4 is 0 Å². The number of thiophene rings is 1. The molecule has 1 nitrogen and oxygen atoms in total. The minimum absolute atomic E-state index is 0.368. The highest BCUT2D eigenvalue weighted by Crippen LogP contribution is 2.20. The first kappa shape index (κ1) is 11.9. The van der Waals surface area contributed by atoms with Crippen LogP contribution in [0.3, 0.4) is 0 Å². The number of ketones is 1. The Kier molecular flexibility index (Phi) is 5.41. The SMILES string of the molecule is CCCCCC(=O)Cc1cc(Br)cs1. The Bertz CT molecular complexity index is 293. The molecule has 3 heteroatoms. The molecule has 14 heavy (non-hydrogen) atoms. The lowest BCUT2D eigenvalue weighted by atomic mass is 10.1. The van der Waals surface area contributed by atoms with Crippen molar-refractivity contribution in [2.24, 2.45) is 0 Å². The maximum atomic E-state index is 11.5. The van der Waals surface area contributed by atoms with E-state index in [1.54, 1.807) is 11.3 Å². The number of hydrogen-bond acceptors (Lipinski definition) is 2. The predicted molar refractivity (Wildman–Crippen MR) is 64.9 cm³/mol. The number of carbonyl (C=O) groups is 1. The molecular formula is C11H15BrOS. The molecule has 1 aromatic rings. The summed E-state index contributed by atoms with van der Waals surface area (Å²) >= 11 is 5.03. The minimum Gasteiger partial charge on any atom is -0.299 e. The van der Waals surface area contributed by atoms with Crippen LogP contribution in [0.1, 0.15) is 37.5 Å². The van der Waals surface area contributed by atoms with Crippen molar-refractivity contribution in [1.29, 1.82) is 0 Å². The molecule has 0 aliphatic carbocycles. The summed E-state index contributed by atoms with van der Waals surface area (Å²) in [7, 11) is 0. The summed E-state index contributed by atoms with van der Waals surface area (Å²) in [6.07, 6.45) is 4.74. The molecule has 0 aliphatic heterocycles. The first-order chi connectivity index (χ1) is 6.72. The van der Waals surface area contributed by atoms with Crippen molar-refractivity contribution in [2.45, 2.75) is 39.0 Å². The van der Waals surface area contributed by atoms with E-state index < -0.39 is 0 Å². The third-order valence-corrected chi connectivity index (χ3v) is 3.75. The Morgan fingerprint density at radius 3 is 2.86 bits per heavy atom. The second-order valence-corrected chi connectivity index (χ2v) is 5.32. The summed E-state index contributed by atoms with van der Waals surface area (Å²) in [5, 5.41) is 2.02. The van der Waals surface area contributed by atoms with Gasteiger partial charge in [-0.25, -0.2) is 0 Å². The van der Waals surface area contributed by atoms with Crippen LogP contribution in [0.2, 0.25) is 0 Å². The molecule has 0 N–H and O–H groups in total. The molecular weight excluding hydrogens is 260 g/mol. The van der Waals surface area contributed by atoms with Crippen LogP contribution in [0.5, 0.6) is 0 Å². The smallest absolute Gasteiger partial charge is 0.138 e. The van der Waals surface area contributed by atoms with E-state index in [0.717, 1.165) is 17.3 Å². The van der Waals surface area contributed by atoms with Gasteiger partial charge in [-0.05, 0) is 28.4 Å². The van der Waals surface area contributed by atoms with Gasteiger partial charge in [-0.1, -0.05) is 19.8 Å². The fourth-order valence-electron chi connectivity index (χ4n) is 1.30. The monoisotopic (exact) mass is 274 g/mol. The van der Waals surface area contributed by atoms with E-state index in [9.17, 15) is 4.79 Å². The van der Waals surface area contributed by atoms with Gasteiger partial charge in [0, 0.05) is 27.6 Å². The van der Waals surface area contributed by atoms with Gasteiger partial charge in [0.1, 0.15) is 5.78 Å². The zero-order valence-electron chi connectivity index (χ0n) is 8.38. The molecule has 0 atom stereocenters. The van der Waals surface area contributed by atoms with Crippen LogP contribution in [-0.4, -0.2) is 5.78 Å². The second-order valence-electron chi connectivity index (χ2n) is 3.40. The zero-order valence-corrected chi connectivity index (χ0v) is 10.8. The van der Waals surface area contributed by atoms with Crippen molar-refractivity contribution in [3.63, 3.8) is 0 Å². The summed E-state index contributed by atoms with van der Waals surface area (Å²) in [5.74, 6) is 0.368. The Morgan fingerprint density at radius 2 is 2.29 bits per heavy atom. The lowest BCUT2D eigenvalue weighted by Crippen LogP contribution is -2.00. The first-order valence-electron chi connectivity index (χ1n) is 4.97. The topological polar surface area (TPSA) is 17.1 Å². The average molecular weight is 275 g/mol. The number of halogens is 1. The molecule has 1 aromatic heterocycles. The molecule has 0 saturated heterocycles. The summed E-state index contributed by atoms with van der Waals surface area (Å²) in [6.45, 7) is 2.15. The summed E-state index contributed by atoms with van der Waals surface area (Å²) < 4.78 is 1.08. The largest absolute Gasteiger partial charge is 0.299 e. The van der Waals surface area contributed by atoms with Gasteiger partial charge in [0.15, 0.2) is 0 Å². The van der Waals surface area contributed by atoms with Gasteiger partial charge in [0.2, 0.25) is 0 Å². The van der Waals surface area contributed by atoms with E-state index in [-0.39, 0.29) is 0 Å². The molecule has 0 saturated carbocycles. The van der Waals surface area contributed by atoms with Crippen molar-refractivity contribution < 1.29 is 4.79 Å². The van der Waals surface area contributed by atoms with Gasteiger partial charge in [-0.15, -0.1) is 11.3 Å². The Balaban J connectivity index is 2.27. The molecule has 0 bridgehead atoms. The van der Waals surface area contributed by atoms with E-state index in [2.05, 4.69) is 22.9 Å². The summed E-state index contributed by atoms with van der Waals surface area (Å²) in [5.41, 5.74) is 0. The van der Waals surface area contributed by atoms with E-state index >= 15 is 0 Å². The fraction of sp³-hybridized carbons (Fsp3) is 0.545. The molecule has 1 rings (SSSR count). The molecule has 78 valence electrons. The van der Waals surface area contributed by atoms with E-state index in [0.29, 0.717) is 12.2 Å². The maximum absolute atomic E-state index is 11.5. The van der Waals surface area contributed by atoms with Crippen molar-refractivity contribution in [1.82, 2.24) is 0 Å². The average Bonchev–Trinajstić information content (AvgIpc) is 2.52. The van der Waals surface area contributed by atoms with Gasteiger partial charge in [0.25, 0.3) is 0 Å². The second kappa shape index (κ2) is 6.36. The molecule has 0 spiro atoms. The molecule has 0 unspecified atom stereocenters. The van der Waals surface area contributed by atoms with E-state index in [4.69, 9.17) is 0 Å². The highest BCUT2D eigenvalue weighted by molar-refractivity contribution is 9.10. The molecule has 1 heterocycles. The third-order valence-electron chi connectivity index (χ3n) is 2.05. The standard InChI is InChI=1S/C11H15BrOS/c1-2-3-4-5-10(13)7-11-6-9(12)8-14-11/h6,8H,2-5,7H2,1H3. The first-order valence-corrected chi connectivity index (χ1v) is 6.64. The van der Waals surface area contributed by atoms with Crippen molar-refractivity contribution in [3.05, 3.63) is 20.8 Å². The molecule has 0 aromatic carbocycles. The van der Waals surface area contributed by atoms with Crippen LogP contribution in [-0.2, 0) is 11.2 Å². The molecule has 0 radical (unpaired) electrons. The number of rotatable bonds is 6. The van der Waals surface area contributed by atoms with Crippen LogP contribution >= 0.6 is 27.3 Å². The minimum atomic E-state index is 0.368. The Morgan fingerprint density at radius 1 is 1.50 bits per heavy atom. The number of Topliss-reactive ketones (excluding diaryl/α,β-unsaturated/α-hetero) is 1. The van der Waals surface area contributed by atoms with E-state index in [1.807, 2.05) is 11.4 Å². The Labute approximate surface area is 97.7 Å². The van der Waals surface area contributed by atoms with Crippen LogP contribution in [0.25, 0.3) is 0 Å². The highest BCUT2D eigenvalue weighted by atomic mass is 79.9. The molecule has 0 amide bonds. The fourth-order valence-corrected chi connectivity index (χ4v) is 2.78. The normalized spacial score (nSPS) is 10.4. The van der Waals surface area contributed by atoms with Gasteiger partial charge < -0.3 is 0 Å². The van der Waals surface area contributed by atoms with Crippen LogP contribution in [0.4, 0.5) is 0 Å². The zero-order chi connectivity index (χ0) is 10.4. The van der Waals surface area contributed by atoms with Gasteiger partial charge in [-0.3, -0.25) is 4.79 Å². The summed E-state index contributed by atoms with van der Waals surface area (Å²) in [6, 6.07) is 2.03. The van der Waals surface area contributed by atoms with Crippen molar-refractivity contribution in [3.8, 4) is 0 Å².